The van der Waals surface area contributed by atoms with Crippen molar-refractivity contribution >= 4 is 0 Å². The summed E-state index contributed by atoms with van der Waals surface area (Å²) in [5.74, 6) is 1.71. The van der Waals surface area contributed by atoms with Crippen LogP contribution in [0.3, 0.4) is 0 Å². The molecule has 94 valence electrons. The maximum atomic E-state index is 5.53. The first-order valence-corrected chi connectivity index (χ1v) is 6.17. The lowest BCUT2D eigenvalue weighted by Gasteiger charge is -2.20. The minimum Gasteiger partial charge on any atom is -0.376 e. The van der Waals surface area contributed by atoms with Crippen molar-refractivity contribution < 1.29 is 14.0 Å². The number of nitrogens with one attached hydrogen (secondary N) is 1. The highest BCUT2D eigenvalue weighted by molar-refractivity contribution is 5.00. The van der Waals surface area contributed by atoms with Crippen molar-refractivity contribution in [2.24, 2.45) is 0 Å². The van der Waals surface area contributed by atoms with Crippen LogP contribution in [-0.4, -0.2) is 43.1 Å². The number of nitrogens with zero attached hydrogens (tertiary/aromatic N) is 2. The molecule has 6 nitrogen and oxygen atoms in total. The number of ether oxygens (including phenoxy) is 2. The second kappa shape index (κ2) is 5.12. The third kappa shape index (κ3) is 2.48. The second-order valence-corrected chi connectivity index (χ2v) is 4.47. The van der Waals surface area contributed by atoms with E-state index < -0.39 is 0 Å². The van der Waals surface area contributed by atoms with Gasteiger partial charge in [-0.3, -0.25) is 0 Å². The van der Waals surface area contributed by atoms with Crippen molar-refractivity contribution in [3.05, 3.63) is 11.7 Å². The Hall–Kier alpha value is -0.980. The summed E-state index contributed by atoms with van der Waals surface area (Å²) in [6.45, 7) is 3.75. The topological polar surface area (TPSA) is 69.4 Å². The minimum atomic E-state index is -0.193. The van der Waals surface area contributed by atoms with Crippen LogP contribution in [0.4, 0.5) is 0 Å². The molecule has 0 bridgehead atoms. The molecule has 6 heteroatoms. The van der Waals surface area contributed by atoms with Crippen molar-refractivity contribution in [2.45, 2.75) is 24.9 Å². The third-order valence-corrected chi connectivity index (χ3v) is 3.21. The van der Waals surface area contributed by atoms with Gasteiger partial charge in [0, 0.05) is 12.5 Å². The smallest absolute Gasteiger partial charge is 0.258 e. The maximum absolute atomic E-state index is 5.53. The standard InChI is InChI=1S/C11H17N3O3/c1-2-8(6-12-3-1)10-13-11(17-14-10)9-7-15-4-5-16-9/h8-9,12H,1-7H2. The van der Waals surface area contributed by atoms with Crippen LogP contribution in [0.15, 0.2) is 4.52 Å². The molecule has 1 aromatic rings. The summed E-state index contributed by atoms with van der Waals surface area (Å²) in [6.07, 6.45) is 2.09. The first-order chi connectivity index (χ1) is 8.43. The highest BCUT2D eigenvalue weighted by Crippen LogP contribution is 2.24. The maximum Gasteiger partial charge on any atom is 0.258 e. The van der Waals surface area contributed by atoms with Crippen LogP contribution in [0.5, 0.6) is 0 Å². The lowest BCUT2D eigenvalue weighted by molar-refractivity contribution is -0.101. The predicted octanol–water partition coefficient (Wildman–Crippen LogP) is 0.624. The van der Waals surface area contributed by atoms with Crippen LogP contribution in [-0.2, 0) is 9.47 Å². The fourth-order valence-electron chi connectivity index (χ4n) is 2.25. The van der Waals surface area contributed by atoms with Gasteiger partial charge < -0.3 is 19.3 Å². The largest absolute Gasteiger partial charge is 0.376 e. The highest BCUT2D eigenvalue weighted by atomic mass is 16.6. The van der Waals surface area contributed by atoms with Crippen LogP contribution in [0.1, 0.15) is 36.6 Å². The van der Waals surface area contributed by atoms with Gasteiger partial charge in [-0.1, -0.05) is 5.16 Å². The molecular formula is C11H17N3O3. The van der Waals surface area contributed by atoms with E-state index in [9.17, 15) is 0 Å². The SMILES string of the molecule is C1CNCC(c2noc(C3COCCO3)n2)C1. The molecule has 17 heavy (non-hydrogen) atoms. The lowest BCUT2D eigenvalue weighted by Crippen LogP contribution is -2.29. The van der Waals surface area contributed by atoms with Crippen molar-refractivity contribution in [2.75, 3.05) is 32.9 Å². The zero-order valence-electron chi connectivity index (χ0n) is 9.72. The molecular weight excluding hydrogens is 222 g/mol. The van der Waals surface area contributed by atoms with Crippen LogP contribution in [0.25, 0.3) is 0 Å². The molecule has 2 atom stereocenters. The Bertz CT molecular complexity index is 324. The summed E-state index contributed by atoms with van der Waals surface area (Å²) in [7, 11) is 0. The minimum absolute atomic E-state index is 0.193. The monoisotopic (exact) mass is 239 g/mol. The first kappa shape index (κ1) is 11.1. The average Bonchev–Trinajstić information content (AvgIpc) is 2.90. The molecule has 0 aromatic carbocycles. The first-order valence-electron chi connectivity index (χ1n) is 6.17. The third-order valence-electron chi connectivity index (χ3n) is 3.21. The summed E-state index contributed by atoms with van der Waals surface area (Å²) >= 11 is 0. The normalized spacial score (nSPS) is 30.4. The Morgan fingerprint density at radius 2 is 2.29 bits per heavy atom. The zero-order valence-corrected chi connectivity index (χ0v) is 9.72. The molecule has 1 aromatic heterocycles. The van der Waals surface area contributed by atoms with E-state index in [0.717, 1.165) is 31.8 Å². The van der Waals surface area contributed by atoms with Gasteiger partial charge in [0.1, 0.15) is 0 Å². The molecule has 0 spiro atoms. The van der Waals surface area contributed by atoms with Crippen molar-refractivity contribution in [3.63, 3.8) is 0 Å². The molecule has 0 amide bonds. The van der Waals surface area contributed by atoms with Crippen LogP contribution < -0.4 is 5.32 Å². The molecule has 2 saturated heterocycles. The van der Waals surface area contributed by atoms with Gasteiger partial charge in [0.25, 0.3) is 5.89 Å². The Labute approximate surface area is 99.7 Å². The lowest BCUT2D eigenvalue weighted by atomic mass is 9.99. The van der Waals surface area contributed by atoms with Gasteiger partial charge in [-0.05, 0) is 19.4 Å². The molecule has 2 fully saturated rings. The van der Waals surface area contributed by atoms with E-state index in [2.05, 4.69) is 15.5 Å². The zero-order chi connectivity index (χ0) is 11.5. The molecule has 3 rings (SSSR count). The second-order valence-electron chi connectivity index (χ2n) is 4.47. The summed E-state index contributed by atoms with van der Waals surface area (Å²) < 4.78 is 16.1. The Morgan fingerprint density at radius 1 is 1.29 bits per heavy atom. The van der Waals surface area contributed by atoms with Gasteiger partial charge in [-0.25, -0.2) is 0 Å². The predicted molar refractivity (Wildman–Crippen MR) is 58.7 cm³/mol. The molecule has 2 aliphatic heterocycles. The van der Waals surface area contributed by atoms with E-state index in [-0.39, 0.29) is 6.10 Å². The molecule has 2 unspecified atom stereocenters. The molecule has 0 radical (unpaired) electrons. The van der Waals surface area contributed by atoms with Gasteiger partial charge in [0.15, 0.2) is 11.9 Å². The van der Waals surface area contributed by atoms with Crippen molar-refractivity contribution in [1.29, 1.82) is 0 Å². The Morgan fingerprint density at radius 3 is 3.06 bits per heavy atom. The fourth-order valence-corrected chi connectivity index (χ4v) is 2.25. The number of hydrogen-bond acceptors (Lipinski definition) is 6. The van der Waals surface area contributed by atoms with Gasteiger partial charge in [0.2, 0.25) is 0 Å². The molecule has 0 saturated carbocycles. The van der Waals surface area contributed by atoms with Crippen LogP contribution in [0, 0.1) is 0 Å². The van der Waals surface area contributed by atoms with E-state index >= 15 is 0 Å². The van der Waals surface area contributed by atoms with E-state index in [1.54, 1.807) is 0 Å². The van der Waals surface area contributed by atoms with E-state index in [0.29, 0.717) is 31.6 Å². The molecule has 2 aliphatic rings. The van der Waals surface area contributed by atoms with Gasteiger partial charge >= 0.3 is 0 Å². The van der Waals surface area contributed by atoms with Crippen LogP contribution in [0.2, 0.25) is 0 Å². The van der Waals surface area contributed by atoms with E-state index in [4.69, 9.17) is 14.0 Å². The number of rotatable bonds is 2. The fraction of sp³-hybridized carbons (Fsp3) is 0.818. The van der Waals surface area contributed by atoms with Gasteiger partial charge in [-0.2, -0.15) is 4.98 Å². The number of hydrogen-bond donors (Lipinski definition) is 1. The van der Waals surface area contributed by atoms with Gasteiger partial charge in [0.05, 0.1) is 19.8 Å². The summed E-state index contributed by atoms with van der Waals surface area (Å²) in [4.78, 5) is 4.43. The van der Waals surface area contributed by atoms with Crippen molar-refractivity contribution in [3.8, 4) is 0 Å². The molecule has 3 heterocycles. The number of aromatic nitrogens is 2. The Balaban J connectivity index is 1.68. The van der Waals surface area contributed by atoms with E-state index in [1.165, 1.54) is 0 Å². The number of piperidine rings is 1. The van der Waals surface area contributed by atoms with E-state index in [1.807, 2.05) is 0 Å². The van der Waals surface area contributed by atoms with Gasteiger partial charge in [-0.15, -0.1) is 0 Å². The highest BCUT2D eigenvalue weighted by Gasteiger charge is 2.26. The quantitative estimate of drug-likeness (QED) is 0.816. The summed E-state index contributed by atoms with van der Waals surface area (Å²) in [5, 5.41) is 7.40. The average molecular weight is 239 g/mol. The summed E-state index contributed by atoms with van der Waals surface area (Å²) in [5.41, 5.74) is 0. The van der Waals surface area contributed by atoms with Crippen LogP contribution >= 0.6 is 0 Å². The molecule has 0 aliphatic carbocycles. The summed E-state index contributed by atoms with van der Waals surface area (Å²) in [6, 6.07) is 0. The molecule has 1 N–H and O–H groups in total. The van der Waals surface area contributed by atoms with Crippen molar-refractivity contribution in [1.82, 2.24) is 15.5 Å². The Kier molecular flexibility index (Phi) is 3.35.